The van der Waals surface area contributed by atoms with Crippen LogP contribution in [0.5, 0.6) is 11.5 Å². The zero-order valence-electron chi connectivity index (χ0n) is 13.4. The Morgan fingerprint density at radius 2 is 1.64 bits per heavy atom. The van der Waals surface area contributed by atoms with Crippen LogP contribution in [0.2, 0.25) is 0 Å². The van der Waals surface area contributed by atoms with Gasteiger partial charge in [-0.3, -0.25) is 4.79 Å². The van der Waals surface area contributed by atoms with E-state index in [-0.39, 0.29) is 31.1 Å². The van der Waals surface area contributed by atoms with E-state index in [2.05, 4.69) is 0 Å². The Morgan fingerprint density at radius 1 is 0.960 bits per heavy atom. The number of carbonyl (C=O) groups excluding carboxylic acids is 2. The van der Waals surface area contributed by atoms with Crippen LogP contribution in [0.3, 0.4) is 0 Å². The van der Waals surface area contributed by atoms with Crippen LogP contribution in [0.15, 0.2) is 48.5 Å². The summed E-state index contributed by atoms with van der Waals surface area (Å²) in [5, 5.41) is 18.7. The van der Waals surface area contributed by atoms with Crippen LogP contribution >= 0.6 is 0 Å². The van der Waals surface area contributed by atoms with Crippen molar-refractivity contribution in [3.05, 3.63) is 59.7 Å². The van der Waals surface area contributed by atoms with Crippen molar-refractivity contribution >= 4 is 11.9 Å². The second-order valence-electron chi connectivity index (χ2n) is 5.30. The predicted molar refractivity (Wildman–Crippen MR) is 89.1 cm³/mol. The Kier molecular flexibility index (Phi) is 6.36. The van der Waals surface area contributed by atoms with Crippen molar-refractivity contribution in [1.29, 1.82) is 0 Å². The van der Waals surface area contributed by atoms with E-state index in [9.17, 15) is 19.8 Å². The normalized spacial score (nSPS) is 11.6. The molecule has 2 aromatic carbocycles. The van der Waals surface area contributed by atoms with Gasteiger partial charge in [0.1, 0.15) is 19.3 Å². The number of ether oxygens (including phenoxy) is 2. The standard InChI is InChI=1S/C18H19NO6/c19-14(10-12-6-7-15(20)16(21)11-12)18(23)25-9-8-24-17(22)13-4-2-1-3-5-13/h1-7,11,14,20-21H,8-10,19H2/t14-/m0/s1. The fourth-order valence-electron chi connectivity index (χ4n) is 2.07. The molecular weight excluding hydrogens is 326 g/mol. The molecule has 0 aromatic heterocycles. The van der Waals surface area contributed by atoms with Gasteiger partial charge in [-0.15, -0.1) is 0 Å². The Balaban J connectivity index is 1.72. The smallest absolute Gasteiger partial charge is 0.338 e. The number of hydrogen-bond donors (Lipinski definition) is 3. The first kappa shape index (κ1) is 18.3. The number of carbonyl (C=O) groups is 2. The number of esters is 2. The number of benzene rings is 2. The minimum absolute atomic E-state index is 0.0772. The van der Waals surface area contributed by atoms with E-state index in [0.29, 0.717) is 11.1 Å². The highest BCUT2D eigenvalue weighted by Gasteiger charge is 2.17. The summed E-state index contributed by atoms with van der Waals surface area (Å²) >= 11 is 0. The minimum Gasteiger partial charge on any atom is -0.504 e. The Labute approximate surface area is 144 Å². The summed E-state index contributed by atoms with van der Waals surface area (Å²) in [4.78, 5) is 23.5. The van der Waals surface area contributed by atoms with Crippen LogP contribution in [0.25, 0.3) is 0 Å². The molecule has 25 heavy (non-hydrogen) atoms. The maximum atomic E-state index is 11.8. The third-order valence-electron chi connectivity index (χ3n) is 3.37. The molecule has 0 bridgehead atoms. The third kappa shape index (κ3) is 5.50. The van der Waals surface area contributed by atoms with Gasteiger partial charge in [-0.25, -0.2) is 4.79 Å². The highest BCUT2D eigenvalue weighted by atomic mass is 16.6. The summed E-state index contributed by atoms with van der Waals surface area (Å²) in [6.45, 7) is -0.182. The topological polar surface area (TPSA) is 119 Å². The average molecular weight is 345 g/mol. The van der Waals surface area contributed by atoms with Crippen LogP contribution in [0.4, 0.5) is 0 Å². The zero-order valence-corrected chi connectivity index (χ0v) is 13.4. The van der Waals surface area contributed by atoms with Crippen molar-refractivity contribution in [2.45, 2.75) is 12.5 Å². The van der Waals surface area contributed by atoms with E-state index >= 15 is 0 Å². The Hall–Kier alpha value is -3.06. The van der Waals surface area contributed by atoms with E-state index in [1.807, 2.05) is 0 Å². The minimum atomic E-state index is -0.936. The molecular formula is C18H19NO6. The molecule has 0 spiro atoms. The van der Waals surface area contributed by atoms with Gasteiger partial charge in [0, 0.05) is 0 Å². The van der Waals surface area contributed by atoms with Crippen molar-refractivity contribution in [2.75, 3.05) is 13.2 Å². The molecule has 132 valence electrons. The highest BCUT2D eigenvalue weighted by molar-refractivity contribution is 5.89. The molecule has 0 radical (unpaired) electrons. The van der Waals surface area contributed by atoms with E-state index in [0.717, 1.165) is 0 Å². The molecule has 0 fully saturated rings. The number of aromatic hydroxyl groups is 2. The SMILES string of the molecule is N[C@@H](Cc1ccc(O)c(O)c1)C(=O)OCCOC(=O)c1ccccc1. The molecule has 2 rings (SSSR count). The first-order chi connectivity index (χ1) is 12.0. The predicted octanol–water partition coefficient (Wildman–Crippen LogP) is 1.37. The summed E-state index contributed by atoms with van der Waals surface area (Å²) < 4.78 is 9.95. The van der Waals surface area contributed by atoms with Gasteiger partial charge in [-0.2, -0.15) is 0 Å². The second-order valence-corrected chi connectivity index (χ2v) is 5.30. The van der Waals surface area contributed by atoms with Gasteiger partial charge >= 0.3 is 11.9 Å². The highest BCUT2D eigenvalue weighted by Crippen LogP contribution is 2.25. The van der Waals surface area contributed by atoms with Gasteiger partial charge < -0.3 is 25.4 Å². The van der Waals surface area contributed by atoms with Gasteiger partial charge in [0.05, 0.1) is 5.56 Å². The van der Waals surface area contributed by atoms with Crippen molar-refractivity contribution < 1.29 is 29.3 Å². The van der Waals surface area contributed by atoms with Gasteiger partial charge in [0.15, 0.2) is 11.5 Å². The van der Waals surface area contributed by atoms with Crippen molar-refractivity contribution in [3.63, 3.8) is 0 Å². The van der Waals surface area contributed by atoms with E-state index < -0.39 is 18.0 Å². The molecule has 1 atom stereocenters. The van der Waals surface area contributed by atoms with Crippen molar-refractivity contribution in [3.8, 4) is 11.5 Å². The van der Waals surface area contributed by atoms with Gasteiger partial charge in [0.25, 0.3) is 0 Å². The molecule has 7 heteroatoms. The van der Waals surface area contributed by atoms with Crippen LogP contribution < -0.4 is 5.73 Å². The second kappa shape index (κ2) is 8.70. The number of phenolic OH excluding ortho intramolecular Hbond substituents is 2. The molecule has 0 aliphatic rings. The quantitative estimate of drug-likeness (QED) is 0.394. The van der Waals surface area contributed by atoms with Crippen LogP contribution in [-0.4, -0.2) is 41.4 Å². The van der Waals surface area contributed by atoms with E-state index in [1.54, 1.807) is 36.4 Å². The lowest BCUT2D eigenvalue weighted by Gasteiger charge is -2.12. The summed E-state index contributed by atoms with van der Waals surface area (Å²) in [7, 11) is 0. The summed E-state index contributed by atoms with van der Waals surface area (Å²) in [6.07, 6.45) is 0.135. The molecule has 0 saturated carbocycles. The van der Waals surface area contributed by atoms with Crippen molar-refractivity contribution in [1.82, 2.24) is 0 Å². The van der Waals surface area contributed by atoms with Gasteiger partial charge in [0.2, 0.25) is 0 Å². The van der Waals surface area contributed by atoms with Gasteiger partial charge in [-0.05, 0) is 36.2 Å². The zero-order chi connectivity index (χ0) is 18.2. The van der Waals surface area contributed by atoms with E-state index in [1.165, 1.54) is 12.1 Å². The summed E-state index contributed by atoms with van der Waals surface area (Å²) in [5.41, 5.74) is 6.74. The molecule has 0 unspecified atom stereocenters. The number of hydrogen-bond acceptors (Lipinski definition) is 7. The molecule has 0 aliphatic carbocycles. The first-order valence-electron chi connectivity index (χ1n) is 7.62. The number of nitrogens with two attached hydrogens (primary N) is 1. The maximum absolute atomic E-state index is 11.8. The molecule has 0 heterocycles. The van der Waals surface area contributed by atoms with Gasteiger partial charge in [-0.1, -0.05) is 24.3 Å². The fraction of sp³-hybridized carbons (Fsp3) is 0.222. The van der Waals surface area contributed by atoms with E-state index in [4.69, 9.17) is 15.2 Å². The third-order valence-corrected chi connectivity index (χ3v) is 3.37. The molecule has 0 amide bonds. The number of rotatable bonds is 7. The first-order valence-corrected chi connectivity index (χ1v) is 7.62. The molecule has 0 aliphatic heterocycles. The lowest BCUT2D eigenvalue weighted by Crippen LogP contribution is -2.35. The Bertz CT molecular complexity index is 732. The largest absolute Gasteiger partial charge is 0.504 e. The van der Waals surface area contributed by atoms with Crippen LogP contribution in [-0.2, 0) is 20.7 Å². The fourth-order valence-corrected chi connectivity index (χ4v) is 2.07. The lowest BCUT2D eigenvalue weighted by atomic mass is 10.1. The molecule has 4 N–H and O–H groups in total. The monoisotopic (exact) mass is 345 g/mol. The lowest BCUT2D eigenvalue weighted by molar-refractivity contribution is -0.146. The summed E-state index contributed by atoms with van der Waals surface area (Å²) in [5.74, 6) is -1.69. The summed E-state index contributed by atoms with van der Waals surface area (Å²) in [6, 6.07) is 11.7. The molecule has 0 saturated heterocycles. The van der Waals surface area contributed by atoms with Crippen LogP contribution in [0.1, 0.15) is 15.9 Å². The molecule has 7 nitrogen and oxygen atoms in total. The van der Waals surface area contributed by atoms with Crippen molar-refractivity contribution in [2.24, 2.45) is 5.73 Å². The van der Waals surface area contributed by atoms with Crippen LogP contribution in [0, 0.1) is 0 Å². The molecule has 2 aromatic rings. The Morgan fingerprint density at radius 3 is 2.32 bits per heavy atom. The number of phenols is 2. The average Bonchev–Trinajstić information content (AvgIpc) is 2.62. The maximum Gasteiger partial charge on any atom is 0.338 e.